The van der Waals surface area contributed by atoms with E-state index < -0.39 is 0 Å². The van der Waals surface area contributed by atoms with Gasteiger partial charge in [-0.2, -0.15) is 5.10 Å². The molecule has 1 amide bonds. The maximum absolute atomic E-state index is 12.2. The molecule has 0 unspecified atom stereocenters. The van der Waals surface area contributed by atoms with Crippen LogP contribution >= 0.6 is 0 Å². The normalized spacial score (nSPS) is 17.5. The molecule has 0 spiro atoms. The topological polar surface area (TPSA) is 50.2 Å². The number of aromatic nitrogens is 2. The van der Waals surface area contributed by atoms with Crippen molar-refractivity contribution >= 4 is 5.91 Å². The van der Waals surface area contributed by atoms with E-state index in [0.717, 1.165) is 36.6 Å². The number of aryl methyl sites for hydroxylation is 2. The Morgan fingerprint density at radius 1 is 1.04 bits per heavy atom. The SMILES string of the molecule is Cc1cc(C)n(-c2cccc(CN3CC(=O)N[C@@H](Cc4ccccc4)C3)c2)n1. The average molecular weight is 374 g/mol. The van der Waals surface area contributed by atoms with Crippen molar-refractivity contribution in [2.45, 2.75) is 32.9 Å². The Morgan fingerprint density at radius 2 is 1.82 bits per heavy atom. The highest BCUT2D eigenvalue weighted by molar-refractivity contribution is 5.79. The summed E-state index contributed by atoms with van der Waals surface area (Å²) in [6.45, 7) is 6.12. The highest BCUT2D eigenvalue weighted by Crippen LogP contribution is 2.16. The predicted molar refractivity (Wildman–Crippen MR) is 110 cm³/mol. The van der Waals surface area contributed by atoms with E-state index in [1.54, 1.807) is 0 Å². The highest BCUT2D eigenvalue weighted by atomic mass is 16.2. The molecule has 5 nitrogen and oxygen atoms in total. The molecule has 5 heteroatoms. The third-order valence-corrected chi connectivity index (χ3v) is 5.11. The Labute approximate surface area is 166 Å². The number of nitrogens with zero attached hydrogens (tertiary/aromatic N) is 3. The predicted octanol–water partition coefficient (Wildman–Crippen LogP) is 3.03. The Kier molecular flexibility index (Phi) is 5.26. The molecule has 0 bridgehead atoms. The molecule has 4 rings (SSSR count). The summed E-state index contributed by atoms with van der Waals surface area (Å²) < 4.78 is 1.97. The lowest BCUT2D eigenvalue weighted by Crippen LogP contribution is -2.54. The van der Waals surface area contributed by atoms with Crippen molar-refractivity contribution in [2.75, 3.05) is 13.1 Å². The standard InChI is InChI=1S/C23H26N4O/c1-17-11-18(2)27(25-17)22-10-6-9-20(13-22)14-26-15-21(24-23(28)16-26)12-19-7-4-3-5-8-19/h3-11,13,21H,12,14-16H2,1-2H3,(H,24,28)/t21-/m0/s1. The number of hydrogen-bond acceptors (Lipinski definition) is 3. The largest absolute Gasteiger partial charge is 0.351 e. The van der Waals surface area contributed by atoms with Crippen LogP contribution in [0.3, 0.4) is 0 Å². The summed E-state index contributed by atoms with van der Waals surface area (Å²) in [7, 11) is 0. The second-order valence-electron chi connectivity index (χ2n) is 7.63. The van der Waals surface area contributed by atoms with Crippen LogP contribution in [0.5, 0.6) is 0 Å². The van der Waals surface area contributed by atoms with Gasteiger partial charge in [-0.15, -0.1) is 0 Å². The first-order chi connectivity index (χ1) is 13.6. The van der Waals surface area contributed by atoms with Gasteiger partial charge in [0.05, 0.1) is 17.9 Å². The van der Waals surface area contributed by atoms with Crippen LogP contribution in [0.15, 0.2) is 60.7 Å². The molecule has 1 saturated heterocycles. The molecule has 1 N–H and O–H groups in total. The molecular weight excluding hydrogens is 348 g/mol. The number of piperazine rings is 1. The number of hydrogen-bond donors (Lipinski definition) is 1. The van der Waals surface area contributed by atoms with Crippen LogP contribution in [-0.4, -0.2) is 39.7 Å². The van der Waals surface area contributed by atoms with Gasteiger partial charge in [0.25, 0.3) is 0 Å². The minimum atomic E-state index is 0.0990. The van der Waals surface area contributed by atoms with Gasteiger partial charge < -0.3 is 5.32 Å². The summed E-state index contributed by atoms with van der Waals surface area (Å²) in [6, 6.07) is 21.0. The molecule has 1 atom stereocenters. The Bertz CT molecular complexity index is 964. The van der Waals surface area contributed by atoms with Gasteiger partial charge >= 0.3 is 0 Å². The van der Waals surface area contributed by atoms with E-state index in [0.29, 0.717) is 6.54 Å². The van der Waals surface area contributed by atoms with Crippen molar-refractivity contribution in [3.8, 4) is 5.69 Å². The Balaban J connectivity index is 1.47. The molecule has 28 heavy (non-hydrogen) atoms. The number of amides is 1. The van der Waals surface area contributed by atoms with Crippen molar-refractivity contribution in [3.63, 3.8) is 0 Å². The minimum absolute atomic E-state index is 0.0990. The van der Waals surface area contributed by atoms with E-state index in [1.165, 1.54) is 11.1 Å². The minimum Gasteiger partial charge on any atom is -0.351 e. The fourth-order valence-corrected chi connectivity index (χ4v) is 3.97. The third-order valence-electron chi connectivity index (χ3n) is 5.11. The molecule has 1 fully saturated rings. The molecule has 0 saturated carbocycles. The summed E-state index contributed by atoms with van der Waals surface area (Å²) in [4.78, 5) is 14.5. The van der Waals surface area contributed by atoms with E-state index >= 15 is 0 Å². The van der Waals surface area contributed by atoms with Crippen molar-refractivity contribution in [1.29, 1.82) is 0 Å². The van der Waals surface area contributed by atoms with Crippen molar-refractivity contribution < 1.29 is 4.79 Å². The number of carbonyl (C=O) groups excluding carboxylic acids is 1. The van der Waals surface area contributed by atoms with Crippen molar-refractivity contribution in [1.82, 2.24) is 20.0 Å². The van der Waals surface area contributed by atoms with Crippen LogP contribution in [0.2, 0.25) is 0 Å². The van der Waals surface area contributed by atoms with Gasteiger partial charge in [-0.3, -0.25) is 9.69 Å². The Morgan fingerprint density at radius 3 is 2.57 bits per heavy atom. The molecule has 2 heterocycles. The monoisotopic (exact) mass is 374 g/mol. The lowest BCUT2D eigenvalue weighted by atomic mass is 10.0. The van der Waals surface area contributed by atoms with Gasteiger partial charge in [0, 0.05) is 24.8 Å². The van der Waals surface area contributed by atoms with Crippen molar-refractivity contribution in [3.05, 3.63) is 83.2 Å². The van der Waals surface area contributed by atoms with Crippen LogP contribution in [0.1, 0.15) is 22.5 Å². The molecule has 1 aliphatic rings. The zero-order valence-corrected chi connectivity index (χ0v) is 16.4. The molecule has 1 aliphatic heterocycles. The lowest BCUT2D eigenvalue weighted by Gasteiger charge is -2.33. The fraction of sp³-hybridized carbons (Fsp3) is 0.304. The Hall–Kier alpha value is -2.92. The number of rotatable bonds is 5. The molecule has 3 aromatic rings. The number of carbonyl (C=O) groups is 1. The smallest absolute Gasteiger partial charge is 0.234 e. The summed E-state index contributed by atoms with van der Waals surface area (Å²) in [5.74, 6) is 0.0990. The number of nitrogens with one attached hydrogen (secondary N) is 1. The highest BCUT2D eigenvalue weighted by Gasteiger charge is 2.24. The van der Waals surface area contributed by atoms with Gasteiger partial charge in [-0.05, 0) is 49.6 Å². The van der Waals surface area contributed by atoms with Gasteiger partial charge in [0.15, 0.2) is 0 Å². The molecule has 1 aromatic heterocycles. The van der Waals surface area contributed by atoms with Crippen LogP contribution in [0.25, 0.3) is 5.69 Å². The summed E-state index contributed by atoms with van der Waals surface area (Å²) in [5, 5.41) is 7.71. The summed E-state index contributed by atoms with van der Waals surface area (Å²) in [6.07, 6.45) is 0.856. The van der Waals surface area contributed by atoms with E-state index in [-0.39, 0.29) is 11.9 Å². The van der Waals surface area contributed by atoms with Crippen LogP contribution in [0, 0.1) is 13.8 Å². The van der Waals surface area contributed by atoms with E-state index in [2.05, 4.69) is 64.7 Å². The molecular formula is C23H26N4O. The second-order valence-corrected chi connectivity index (χ2v) is 7.63. The maximum Gasteiger partial charge on any atom is 0.234 e. The van der Waals surface area contributed by atoms with E-state index in [9.17, 15) is 4.79 Å². The second kappa shape index (κ2) is 7.98. The third kappa shape index (κ3) is 4.31. The van der Waals surface area contributed by atoms with Crippen LogP contribution in [0.4, 0.5) is 0 Å². The zero-order valence-electron chi connectivity index (χ0n) is 16.4. The molecule has 144 valence electrons. The van der Waals surface area contributed by atoms with E-state index in [1.807, 2.05) is 29.8 Å². The zero-order chi connectivity index (χ0) is 19.5. The summed E-state index contributed by atoms with van der Waals surface area (Å²) in [5.41, 5.74) is 5.64. The molecule has 0 aliphatic carbocycles. The van der Waals surface area contributed by atoms with E-state index in [4.69, 9.17) is 0 Å². The van der Waals surface area contributed by atoms with Gasteiger partial charge in [-0.1, -0.05) is 42.5 Å². The molecule has 2 aromatic carbocycles. The van der Waals surface area contributed by atoms with Crippen LogP contribution in [-0.2, 0) is 17.8 Å². The first kappa shape index (κ1) is 18.4. The van der Waals surface area contributed by atoms with Crippen LogP contribution < -0.4 is 5.32 Å². The lowest BCUT2D eigenvalue weighted by molar-refractivity contribution is -0.125. The van der Waals surface area contributed by atoms with Gasteiger partial charge in [0.2, 0.25) is 5.91 Å². The molecule has 0 radical (unpaired) electrons. The van der Waals surface area contributed by atoms with Gasteiger partial charge in [0.1, 0.15) is 0 Å². The summed E-state index contributed by atoms with van der Waals surface area (Å²) >= 11 is 0. The maximum atomic E-state index is 12.2. The van der Waals surface area contributed by atoms with Gasteiger partial charge in [-0.25, -0.2) is 4.68 Å². The van der Waals surface area contributed by atoms with Crippen molar-refractivity contribution in [2.24, 2.45) is 0 Å². The fourth-order valence-electron chi connectivity index (χ4n) is 3.97. The quantitative estimate of drug-likeness (QED) is 0.747. The first-order valence-electron chi connectivity index (χ1n) is 9.75. The average Bonchev–Trinajstić information content (AvgIpc) is 3.00. The first-order valence-corrected chi connectivity index (χ1v) is 9.75. The number of benzene rings is 2.